The van der Waals surface area contributed by atoms with E-state index in [1.165, 1.54) is 116 Å². The summed E-state index contributed by atoms with van der Waals surface area (Å²) in [4.78, 5) is 42.5. The maximum Gasteiger partial charge on any atom is 0.469 e. The van der Waals surface area contributed by atoms with Crippen LogP contribution in [-0.2, 0) is 28.2 Å². The molecule has 0 spiro atoms. The van der Waals surface area contributed by atoms with Crippen LogP contribution in [0.5, 0.6) is 0 Å². The van der Waals surface area contributed by atoms with E-state index in [0.717, 1.165) is 44.9 Å². The zero-order chi connectivity index (χ0) is 36.1. The van der Waals surface area contributed by atoms with Gasteiger partial charge in [0.1, 0.15) is 6.61 Å². The Kier molecular flexibility index (Phi) is 35.2. The molecule has 0 aromatic heterocycles. The van der Waals surface area contributed by atoms with Crippen molar-refractivity contribution in [2.24, 2.45) is 0 Å². The predicted molar refractivity (Wildman–Crippen MR) is 202 cm³/mol. The first kappa shape index (κ1) is 47.5. The van der Waals surface area contributed by atoms with Gasteiger partial charge >= 0.3 is 19.8 Å². The van der Waals surface area contributed by atoms with Crippen LogP contribution >= 0.6 is 7.82 Å². The van der Waals surface area contributed by atoms with Gasteiger partial charge in [0.2, 0.25) is 0 Å². The van der Waals surface area contributed by atoms with Gasteiger partial charge in [-0.1, -0.05) is 167 Å². The molecule has 9 heteroatoms. The van der Waals surface area contributed by atoms with Crippen LogP contribution in [0.1, 0.15) is 200 Å². The molecular weight excluding hydrogens is 639 g/mol. The number of hydrogen-bond acceptors (Lipinski definition) is 6. The molecule has 0 aliphatic heterocycles. The monoisotopic (exact) mass is 715 g/mol. The number of allylic oxidation sites excluding steroid dienone is 4. The minimum atomic E-state index is -4.75. The first-order valence-corrected chi connectivity index (χ1v) is 21.7. The molecule has 0 rings (SSSR count). The minimum Gasteiger partial charge on any atom is -0.462 e. The fourth-order valence-corrected chi connectivity index (χ4v) is 6.05. The van der Waals surface area contributed by atoms with E-state index in [0.29, 0.717) is 12.8 Å². The summed E-state index contributed by atoms with van der Waals surface area (Å²) in [6, 6.07) is 0. The van der Waals surface area contributed by atoms with E-state index in [2.05, 4.69) is 42.7 Å². The molecular formula is C40H75O8P. The summed E-state index contributed by atoms with van der Waals surface area (Å²) < 4.78 is 26.2. The molecule has 0 bridgehead atoms. The highest BCUT2D eigenvalue weighted by atomic mass is 31.2. The summed E-state index contributed by atoms with van der Waals surface area (Å²) >= 11 is 0. The van der Waals surface area contributed by atoms with E-state index < -0.39 is 32.5 Å². The van der Waals surface area contributed by atoms with Crippen LogP contribution < -0.4 is 0 Å². The Bertz CT molecular complexity index is 853. The average Bonchev–Trinajstić information content (AvgIpc) is 3.07. The van der Waals surface area contributed by atoms with Crippen LogP contribution in [0.3, 0.4) is 0 Å². The van der Waals surface area contributed by atoms with Gasteiger partial charge in [0.05, 0.1) is 6.61 Å². The van der Waals surface area contributed by atoms with Crippen LogP contribution in [0.2, 0.25) is 0 Å². The lowest BCUT2D eigenvalue weighted by Crippen LogP contribution is -2.29. The first-order valence-electron chi connectivity index (χ1n) is 20.1. The molecule has 1 atom stereocenters. The number of hydrogen-bond donors (Lipinski definition) is 2. The molecule has 0 amide bonds. The third-order valence-corrected chi connectivity index (χ3v) is 9.19. The molecule has 0 saturated heterocycles. The van der Waals surface area contributed by atoms with E-state index in [-0.39, 0.29) is 19.4 Å². The Hall–Kier alpha value is -1.47. The molecule has 0 aliphatic rings. The highest BCUT2D eigenvalue weighted by Gasteiger charge is 2.22. The smallest absolute Gasteiger partial charge is 0.462 e. The van der Waals surface area contributed by atoms with Gasteiger partial charge < -0.3 is 19.3 Å². The SMILES string of the molecule is CCCCCCCCCCCCCCCC/C=C/CC/C=C/CCCC(=O)OC[C@H](COP(=O)(O)O)OC(=O)CCCCCCCCCC. The fourth-order valence-electron chi connectivity index (χ4n) is 5.69. The van der Waals surface area contributed by atoms with Crippen LogP contribution in [0.15, 0.2) is 24.3 Å². The second kappa shape index (κ2) is 36.3. The van der Waals surface area contributed by atoms with Gasteiger partial charge in [-0.25, -0.2) is 4.57 Å². The van der Waals surface area contributed by atoms with E-state index in [9.17, 15) is 14.2 Å². The van der Waals surface area contributed by atoms with Gasteiger partial charge in [0.25, 0.3) is 0 Å². The average molecular weight is 715 g/mol. The molecule has 2 N–H and O–H groups in total. The van der Waals surface area contributed by atoms with Crippen molar-refractivity contribution in [2.45, 2.75) is 206 Å². The summed E-state index contributed by atoms with van der Waals surface area (Å²) in [5.74, 6) is -0.934. The fraction of sp³-hybridized carbons (Fsp3) is 0.850. The van der Waals surface area contributed by atoms with Crippen LogP contribution in [0.25, 0.3) is 0 Å². The van der Waals surface area contributed by atoms with Crippen molar-refractivity contribution in [1.29, 1.82) is 0 Å². The van der Waals surface area contributed by atoms with E-state index >= 15 is 0 Å². The Morgan fingerprint density at radius 3 is 1.37 bits per heavy atom. The lowest BCUT2D eigenvalue weighted by Gasteiger charge is -2.18. The molecule has 288 valence electrons. The molecule has 8 nitrogen and oxygen atoms in total. The van der Waals surface area contributed by atoms with Gasteiger partial charge in [-0.3, -0.25) is 14.1 Å². The summed E-state index contributed by atoms with van der Waals surface area (Å²) in [6.45, 7) is 3.62. The summed E-state index contributed by atoms with van der Waals surface area (Å²) in [5.41, 5.74) is 0. The summed E-state index contributed by atoms with van der Waals surface area (Å²) in [5, 5.41) is 0. The maximum absolute atomic E-state index is 12.3. The Morgan fingerprint density at radius 2 is 0.898 bits per heavy atom. The normalized spacial score (nSPS) is 12.7. The molecule has 0 unspecified atom stereocenters. The van der Waals surface area contributed by atoms with Crippen molar-refractivity contribution >= 4 is 19.8 Å². The largest absolute Gasteiger partial charge is 0.469 e. The topological polar surface area (TPSA) is 119 Å². The number of carbonyl (C=O) groups excluding carboxylic acids is 2. The quantitative estimate of drug-likeness (QED) is 0.0282. The number of phosphoric acid groups is 1. The molecule has 0 aromatic rings. The van der Waals surface area contributed by atoms with E-state index in [1.807, 2.05) is 0 Å². The number of unbranched alkanes of at least 4 members (excludes halogenated alkanes) is 23. The van der Waals surface area contributed by atoms with E-state index in [4.69, 9.17) is 19.3 Å². The van der Waals surface area contributed by atoms with Crippen molar-refractivity contribution in [3.8, 4) is 0 Å². The molecule has 0 saturated carbocycles. The maximum atomic E-state index is 12.3. The number of ether oxygens (including phenoxy) is 2. The van der Waals surface area contributed by atoms with E-state index in [1.54, 1.807) is 0 Å². The highest BCUT2D eigenvalue weighted by molar-refractivity contribution is 7.46. The third kappa shape index (κ3) is 39.2. The van der Waals surface area contributed by atoms with Crippen molar-refractivity contribution in [2.75, 3.05) is 13.2 Å². The zero-order valence-electron chi connectivity index (χ0n) is 31.6. The molecule has 0 aromatic carbocycles. The van der Waals surface area contributed by atoms with Crippen LogP contribution in [0.4, 0.5) is 0 Å². The molecule has 49 heavy (non-hydrogen) atoms. The van der Waals surface area contributed by atoms with Gasteiger partial charge in [-0.15, -0.1) is 0 Å². The van der Waals surface area contributed by atoms with Crippen LogP contribution in [-0.4, -0.2) is 41.0 Å². The van der Waals surface area contributed by atoms with Crippen molar-refractivity contribution in [3.05, 3.63) is 24.3 Å². The summed E-state index contributed by atoms with van der Waals surface area (Å²) in [7, 11) is -4.75. The lowest BCUT2D eigenvalue weighted by atomic mass is 10.0. The number of esters is 2. The number of rotatable bonds is 37. The molecule has 0 fully saturated rings. The van der Waals surface area contributed by atoms with Crippen molar-refractivity contribution in [3.63, 3.8) is 0 Å². The van der Waals surface area contributed by atoms with Gasteiger partial charge in [0.15, 0.2) is 6.10 Å². The predicted octanol–water partition coefficient (Wildman–Crippen LogP) is 12.0. The number of carbonyl (C=O) groups is 2. The standard InChI is InChI=1S/C40H75O8P/c1-3-5-7-9-11-13-14-15-16-17-18-19-20-21-22-23-24-25-26-27-29-30-32-34-39(41)46-36-38(37-47-49(43,44)45)48-40(42)35-33-31-28-12-10-8-6-4-2/h23-24,27,29,38H,3-22,25-26,28,30-37H2,1-2H3,(H2,43,44,45)/b24-23+,29-27+/t38-/m1/s1. The second-order valence-corrected chi connectivity index (χ2v) is 14.8. The Labute approximate surface area is 300 Å². The van der Waals surface area contributed by atoms with Gasteiger partial charge in [-0.05, 0) is 44.9 Å². The second-order valence-electron chi connectivity index (χ2n) is 13.6. The van der Waals surface area contributed by atoms with Crippen molar-refractivity contribution in [1.82, 2.24) is 0 Å². The number of phosphoric ester groups is 1. The summed E-state index contributed by atoms with van der Waals surface area (Å²) in [6.07, 6.45) is 40.8. The molecule has 0 radical (unpaired) electrons. The van der Waals surface area contributed by atoms with Crippen molar-refractivity contribution < 1.29 is 37.9 Å². The highest BCUT2D eigenvalue weighted by Crippen LogP contribution is 2.36. The Balaban J connectivity index is 3.85. The van der Waals surface area contributed by atoms with Crippen LogP contribution in [0, 0.1) is 0 Å². The molecule has 0 aliphatic carbocycles. The zero-order valence-corrected chi connectivity index (χ0v) is 32.5. The Morgan fingerprint density at radius 1 is 0.510 bits per heavy atom. The molecule has 0 heterocycles. The minimum absolute atomic E-state index is 0.205. The van der Waals surface area contributed by atoms with Gasteiger partial charge in [0, 0.05) is 12.8 Å². The lowest BCUT2D eigenvalue weighted by molar-refractivity contribution is -0.161. The first-order chi connectivity index (χ1) is 23.8. The third-order valence-electron chi connectivity index (χ3n) is 8.70. The van der Waals surface area contributed by atoms with Gasteiger partial charge in [-0.2, -0.15) is 0 Å².